The number of fused-ring (bicyclic) bond motifs is 1. The van der Waals surface area contributed by atoms with Gasteiger partial charge in [0.05, 0.1) is 12.1 Å². The first kappa shape index (κ1) is 11.6. The lowest BCUT2D eigenvalue weighted by atomic mass is 10.1. The lowest BCUT2D eigenvalue weighted by molar-refractivity contribution is -0.0582. The number of hydrogen-bond donors (Lipinski definition) is 3. The van der Waals surface area contributed by atoms with Crippen molar-refractivity contribution in [2.45, 2.75) is 24.5 Å². The van der Waals surface area contributed by atoms with Crippen molar-refractivity contribution in [1.82, 2.24) is 9.78 Å². The molecular weight excluding hydrogens is 236 g/mol. The molecule has 0 radical (unpaired) electrons. The maximum absolute atomic E-state index is 9.89. The third-order valence-electron chi connectivity index (χ3n) is 3.21. The van der Waals surface area contributed by atoms with Crippen molar-refractivity contribution < 1.29 is 20.1 Å². The molecule has 3 N–H and O–H groups in total. The predicted molar refractivity (Wildman–Crippen MR) is 62.7 cm³/mol. The van der Waals surface area contributed by atoms with Crippen molar-refractivity contribution in [3.8, 4) is 0 Å². The second-order valence-corrected chi connectivity index (χ2v) is 4.40. The van der Waals surface area contributed by atoms with E-state index in [1.165, 1.54) is 4.68 Å². The summed E-state index contributed by atoms with van der Waals surface area (Å²) in [6.07, 6.45) is -2.01. The molecule has 2 heterocycles. The number of ether oxygens (including phenoxy) is 1. The molecule has 0 aliphatic carbocycles. The van der Waals surface area contributed by atoms with Gasteiger partial charge < -0.3 is 20.1 Å². The molecule has 0 saturated carbocycles. The predicted octanol–water partition coefficient (Wildman–Crippen LogP) is -0.352. The van der Waals surface area contributed by atoms with Crippen LogP contribution < -0.4 is 0 Å². The quantitative estimate of drug-likeness (QED) is 0.678. The summed E-state index contributed by atoms with van der Waals surface area (Å²) in [5, 5.41) is 33.8. The fourth-order valence-corrected chi connectivity index (χ4v) is 2.21. The van der Waals surface area contributed by atoms with Crippen LogP contribution in [-0.4, -0.2) is 50.0 Å². The molecule has 0 unspecified atom stereocenters. The molecule has 3 rings (SSSR count). The maximum atomic E-state index is 9.89. The Balaban J connectivity index is 1.95. The van der Waals surface area contributed by atoms with Gasteiger partial charge in [0, 0.05) is 11.6 Å². The van der Waals surface area contributed by atoms with E-state index in [0.29, 0.717) is 0 Å². The van der Waals surface area contributed by atoms with Gasteiger partial charge >= 0.3 is 0 Å². The zero-order valence-electron chi connectivity index (χ0n) is 9.55. The van der Waals surface area contributed by atoms with E-state index in [4.69, 9.17) is 9.84 Å². The average molecular weight is 250 g/mol. The molecule has 0 spiro atoms. The Morgan fingerprint density at radius 3 is 2.67 bits per heavy atom. The summed E-state index contributed by atoms with van der Waals surface area (Å²) in [4.78, 5) is 0. The highest BCUT2D eigenvalue weighted by Gasteiger charge is 2.43. The van der Waals surface area contributed by atoms with E-state index in [9.17, 15) is 10.2 Å². The normalized spacial score (nSPS) is 32.2. The molecule has 0 amide bonds. The standard InChI is InChI=1S/C12H14N2O4/c15-6-9-10(16)11(17)12(18-9)14-5-7-3-1-2-4-8(7)13-14/h1-5,9-12,15-17H,6H2/t9-,10+,11+,12+/m0/s1. The van der Waals surface area contributed by atoms with Gasteiger partial charge in [-0.25, -0.2) is 4.68 Å². The lowest BCUT2D eigenvalue weighted by Crippen LogP contribution is -2.33. The molecule has 2 aromatic rings. The van der Waals surface area contributed by atoms with Crippen LogP contribution in [0.2, 0.25) is 0 Å². The van der Waals surface area contributed by atoms with Crippen molar-refractivity contribution >= 4 is 10.9 Å². The van der Waals surface area contributed by atoms with Gasteiger partial charge in [-0.2, -0.15) is 5.10 Å². The minimum absolute atomic E-state index is 0.338. The van der Waals surface area contributed by atoms with E-state index in [0.717, 1.165) is 10.9 Å². The van der Waals surface area contributed by atoms with Gasteiger partial charge in [-0.05, 0) is 6.07 Å². The molecule has 96 valence electrons. The van der Waals surface area contributed by atoms with Crippen molar-refractivity contribution in [1.29, 1.82) is 0 Å². The summed E-state index contributed by atoms with van der Waals surface area (Å²) in [5.41, 5.74) is 0.787. The van der Waals surface area contributed by atoms with Crippen molar-refractivity contribution in [3.05, 3.63) is 30.5 Å². The first-order valence-corrected chi connectivity index (χ1v) is 5.77. The average Bonchev–Trinajstić information content (AvgIpc) is 2.92. The molecule has 1 saturated heterocycles. The fourth-order valence-electron chi connectivity index (χ4n) is 2.21. The molecule has 0 bridgehead atoms. The molecule has 6 heteroatoms. The van der Waals surface area contributed by atoms with Gasteiger partial charge in [0.1, 0.15) is 18.3 Å². The zero-order valence-corrected chi connectivity index (χ0v) is 9.55. The monoisotopic (exact) mass is 250 g/mol. The Morgan fingerprint density at radius 1 is 1.22 bits per heavy atom. The summed E-state index contributed by atoms with van der Waals surface area (Å²) in [7, 11) is 0. The van der Waals surface area contributed by atoms with Crippen LogP contribution in [0.1, 0.15) is 6.23 Å². The summed E-state index contributed by atoms with van der Waals surface area (Å²) >= 11 is 0. The number of aromatic nitrogens is 2. The van der Waals surface area contributed by atoms with Crippen LogP contribution in [0.15, 0.2) is 30.5 Å². The van der Waals surface area contributed by atoms with Crippen LogP contribution >= 0.6 is 0 Å². The van der Waals surface area contributed by atoms with Crippen LogP contribution in [0.5, 0.6) is 0 Å². The largest absolute Gasteiger partial charge is 0.394 e. The van der Waals surface area contributed by atoms with E-state index in [2.05, 4.69) is 5.10 Å². The summed E-state index contributed by atoms with van der Waals surface area (Å²) < 4.78 is 6.88. The van der Waals surface area contributed by atoms with Gasteiger partial charge in [-0.1, -0.05) is 18.2 Å². The van der Waals surface area contributed by atoms with E-state index in [1.54, 1.807) is 6.20 Å². The zero-order chi connectivity index (χ0) is 12.7. The molecule has 1 aliphatic rings. The summed E-state index contributed by atoms with van der Waals surface area (Å²) in [5.74, 6) is 0. The maximum Gasteiger partial charge on any atom is 0.179 e. The van der Waals surface area contributed by atoms with Gasteiger partial charge in [0.15, 0.2) is 6.23 Å². The Bertz CT molecular complexity index is 523. The topological polar surface area (TPSA) is 87.7 Å². The fraction of sp³-hybridized carbons (Fsp3) is 0.417. The Morgan fingerprint density at radius 2 is 2.00 bits per heavy atom. The van der Waals surface area contributed by atoms with E-state index in [-0.39, 0.29) is 6.61 Å². The molecule has 4 atom stereocenters. The second-order valence-electron chi connectivity index (χ2n) is 4.40. The second kappa shape index (κ2) is 4.33. The van der Waals surface area contributed by atoms with Crippen LogP contribution in [0.4, 0.5) is 0 Å². The molecule has 1 aromatic carbocycles. The summed E-state index contributed by atoms with van der Waals surface area (Å²) in [6, 6.07) is 7.52. The van der Waals surface area contributed by atoms with Gasteiger partial charge in [-0.3, -0.25) is 0 Å². The highest BCUT2D eigenvalue weighted by Crippen LogP contribution is 2.29. The first-order valence-electron chi connectivity index (χ1n) is 5.77. The SMILES string of the molecule is OC[C@@H]1O[C@@H](n2cc3ccccc3n2)[C@H](O)[C@@H]1O. The van der Waals surface area contributed by atoms with Gasteiger partial charge in [0.25, 0.3) is 0 Å². The first-order chi connectivity index (χ1) is 8.70. The number of rotatable bonds is 2. The van der Waals surface area contributed by atoms with Crippen molar-refractivity contribution in [3.63, 3.8) is 0 Å². The van der Waals surface area contributed by atoms with E-state index in [1.807, 2.05) is 24.3 Å². The molecule has 1 aromatic heterocycles. The molecular formula is C12H14N2O4. The van der Waals surface area contributed by atoms with Crippen molar-refractivity contribution in [2.75, 3.05) is 6.61 Å². The Hall–Kier alpha value is -1.47. The van der Waals surface area contributed by atoms with E-state index >= 15 is 0 Å². The third kappa shape index (κ3) is 1.70. The number of nitrogens with zero attached hydrogens (tertiary/aromatic N) is 2. The highest BCUT2D eigenvalue weighted by molar-refractivity contribution is 5.77. The minimum atomic E-state index is -1.10. The van der Waals surface area contributed by atoms with Crippen LogP contribution in [0.25, 0.3) is 10.9 Å². The summed E-state index contributed by atoms with van der Waals surface area (Å²) in [6.45, 7) is -0.338. The number of hydrogen-bond acceptors (Lipinski definition) is 5. The van der Waals surface area contributed by atoms with Crippen molar-refractivity contribution in [2.24, 2.45) is 0 Å². The number of aliphatic hydroxyl groups is 3. The number of aliphatic hydroxyl groups excluding tert-OH is 3. The molecule has 1 fully saturated rings. The molecule has 6 nitrogen and oxygen atoms in total. The van der Waals surface area contributed by atoms with Crippen LogP contribution in [0, 0.1) is 0 Å². The van der Waals surface area contributed by atoms with Crippen LogP contribution in [-0.2, 0) is 4.74 Å². The molecule has 18 heavy (non-hydrogen) atoms. The Labute approximate surface area is 103 Å². The Kier molecular flexibility index (Phi) is 2.79. The lowest BCUT2D eigenvalue weighted by Gasteiger charge is -2.14. The number of benzene rings is 1. The van der Waals surface area contributed by atoms with E-state index < -0.39 is 24.5 Å². The highest BCUT2D eigenvalue weighted by atomic mass is 16.6. The smallest absolute Gasteiger partial charge is 0.179 e. The van der Waals surface area contributed by atoms with Crippen LogP contribution in [0.3, 0.4) is 0 Å². The molecule has 1 aliphatic heterocycles. The van der Waals surface area contributed by atoms with Gasteiger partial charge in [0.2, 0.25) is 0 Å². The third-order valence-corrected chi connectivity index (χ3v) is 3.21. The minimum Gasteiger partial charge on any atom is -0.394 e. The van der Waals surface area contributed by atoms with Gasteiger partial charge in [-0.15, -0.1) is 0 Å².